The number of rotatable bonds is 6. The molecule has 0 saturated heterocycles. The molecule has 0 aliphatic rings. The molecular weight excluding hydrogens is 494 g/mol. The minimum Gasteiger partial charge on any atom is -0.325 e. The van der Waals surface area contributed by atoms with Crippen molar-refractivity contribution in [2.45, 2.75) is 12.1 Å². The number of aromatic nitrogens is 2. The molecule has 1 amide bonds. The predicted octanol–water partition coefficient (Wildman–Crippen LogP) is 6.99. The topological polar surface area (TPSA) is 46.9 Å². The van der Waals surface area contributed by atoms with Gasteiger partial charge < -0.3 is 5.32 Å². The molecule has 1 heterocycles. The molecular formula is C24H19BrClN3OS. The number of nitrogens with one attached hydrogen (secondary N) is 1. The number of imidazole rings is 1. The van der Waals surface area contributed by atoms with Crippen molar-refractivity contribution in [2.75, 3.05) is 11.1 Å². The van der Waals surface area contributed by atoms with Crippen LogP contribution in [0, 0.1) is 6.92 Å². The second-order valence-electron chi connectivity index (χ2n) is 6.95. The molecule has 156 valence electrons. The first-order valence-electron chi connectivity index (χ1n) is 9.58. The van der Waals surface area contributed by atoms with Crippen LogP contribution in [0.15, 0.2) is 88.6 Å². The Hall–Kier alpha value is -2.54. The number of anilines is 1. The van der Waals surface area contributed by atoms with Gasteiger partial charge in [0.05, 0.1) is 17.6 Å². The number of nitrogens with zero attached hydrogens (tertiary/aromatic N) is 2. The van der Waals surface area contributed by atoms with Crippen LogP contribution in [0.1, 0.15) is 5.56 Å². The van der Waals surface area contributed by atoms with Crippen molar-refractivity contribution in [3.05, 3.63) is 94.1 Å². The molecule has 1 aromatic heterocycles. The SMILES string of the molecule is Cc1ccc(NC(=O)CSc2ncc(-c3ccc(Br)cc3)n2-c2ccc(Cl)cc2)cc1. The van der Waals surface area contributed by atoms with Crippen molar-refractivity contribution in [1.29, 1.82) is 0 Å². The minimum atomic E-state index is -0.0790. The number of carbonyl (C=O) groups excluding carboxylic acids is 1. The maximum absolute atomic E-state index is 12.5. The van der Waals surface area contributed by atoms with Crippen molar-refractivity contribution in [1.82, 2.24) is 9.55 Å². The van der Waals surface area contributed by atoms with Crippen LogP contribution in [0.4, 0.5) is 5.69 Å². The molecule has 0 aliphatic heterocycles. The van der Waals surface area contributed by atoms with Crippen molar-refractivity contribution in [3.8, 4) is 16.9 Å². The second kappa shape index (κ2) is 9.73. The lowest BCUT2D eigenvalue weighted by Gasteiger charge is -2.12. The zero-order chi connectivity index (χ0) is 21.8. The quantitative estimate of drug-likeness (QED) is 0.283. The van der Waals surface area contributed by atoms with Gasteiger partial charge >= 0.3 is 0 Å². The van der Waals surface area contributed by atoms with Crippen molar-refractivity contribution < 1.29 is 4.79 Å². The first kappa shape index (κ1) is 21.7. The lowest BCUT2D eigenvalue weighted by Crippen LogP contribution is -2.14. The van der Waals surface area contributed by atoms with Crippen LogP contribution in [0.3, 0.4) is 0 Å². The summed E-state index contributed by atoms with van der Waals surface area (Å²) in [7, 11) is 0. The first-order chi connectivity index (χ1) is 15.0. The molecule has 0 radical (unpaired) electrons. The largest absolute Gasteiger partial charge is 0.325 e. The van der Waals surface area contributed by atoms with E-state index in [2.05, 4.69) is 26.2 Å². The minimum absolute atomic E-state index is 0.0790. The fourth-order valence-electron chi connectivity index (χ4n) is 3.06. The summed E-state index contributed by atoms with van der Waals surface area (Å²) >= 11 is 11.0. The lowest BCUT2D eigenvalue weighted by molar-refractivity contribution is -0.113. The number of thioether (sulfide) groups is 1. The molecule has 1 N–H and O–H groups in total. The summed E-state index contributed by atoms with van der Waals surface area (Å²) in [6, 6.07) is 23.4. The van der Waals surface area contributed by atoms with Gasteiger partial charge in [-0.2, -0.15) is 0 Å². The number of carbonyl (C=O) groups is 1. The number of aryl methyl sites for hydroxylation is 1. The summed E-state index contributed by atoms with van der Waals surface area (Å²) < 4.78 is 3.06. The molecule has 0 fully saturated rings. The highest BCUT2D eigenvalue weighted by Crippen LogP contribution is 2.31. The Labute approximate surface area is 198 Å². The van der Waals surface area contributed by atoms with Gasteiger partial charge in [0.2, 0.25) is 5.91 Å². The lowest BCUT2D eigenvalue weighted by atomic mass is 10.1. The summed E-state index contributed by atoms with van der Waals surface area (Å²) in [6.45, 7) is 2.01. The van der Waals surface area contributed by atoms with E-state index >= 15 is 0 Å². The van der Waals surface area contributed by atoms with E-state index < -0.39 is 0 Å². The molecule has 0 spiro atoms. The number of benzene rings is 3. The fourth-order valence-corrected chi connectivity index (χ4v) is 4.25. The van der Waals surface area contributed by atoms with Gasteiger partial charge in [0.1, 0.15) is 0 Å². The van der Waals surface area contributed by atoms with Crippen LogP contribution < -0.4 is 5.32 Å². The van der Waals surface area contributed by atoms with Crippen molar-refractivity contribution >= 4 is 50.9 Å². The van der Waals surface area contributed by atoms with Gasteiger partial charge in [0.25, 0.3) is 0 Å². The zero-order valence-corrected chi connectivity index (χ0v) is 19.8. The Bertz CT molecular complexity index is 1190. The molecule has 0 aliphatic carbocycles. The molecule has 7 heteroatoms. The Morgan fingerprint density at radius 3 is 2.39 bits per heavy atom. The fraction of sp³-hybridized carbons (Fsp3) is 0.0833. The Morgan fingerprint density at radius 1 is 1.03 bits per heavy atom. The maximum atomic E-state index is 12.5. The highest BCUT2D eigenvalue weighted by molar-refractivity contribution is 9.10. The predicted molar refractivity (Wildman–Crippen MR) is 132 cm³/mol. The number of hydrogen-bond donors (Lipinski definition) is 1. The Morgan fingerprint density at radius 2 is 1.71 bits per heavy atom. The maximum Gasteiger partial charge on any atom is 0.234 e. The molecule has 0 atom stereocenters. The molecule has 0 saturated carbocycles. The number of amides is 1. The highest BCUT2D eigenvalue weighted by atomic mass is 79.9. The molecule has 0 bridgehead atoms. The van der Waals surface area contributed by atoms with E-state index in [1.165, 1.54) is 11.8 Å². The van der Waals surface area contributed by atoms with Gasteiger partial charge in [-0.3, -0.25) is 9.36 Å². The monoisotopic (exact) mass is 511 g/mol. The molecule has 0 unspecified atom stereocenters. The summed E-state index contributed by atoms with van der Waals surface area (Å²) in [5.74, 6) is 0.169. The van der Waals surface area contributed by atoms with Crippen LogP contribution in [0.25, 0.3) is 16.9 Å². The van der Waals surface area contributed by atoms with E-state index in [0.29, 0.717) is 5.02 Å². The van der Waals surface area contributed by atoms with Gasteiger partial charge in [-0.15, -0.1) is 0 Å². The Kier molecular flexibility index (Phi) is 6.80. The van der Waals surface area contributed by atoms with Crippen molar-refractivity contribution in [3.63, 3.8) is 0 Å². The highest BCUT2D eigenvalue weighted by Gasteiger charge is 2.16. The van der Waals surface area contributed by atoms with Crippen LogP contribution in [-0.4, -0.2) is 21.2 Å². The van der Waals surface area contributed by atoms with Gasteiger partial charge in [0, 0.05) is 26.4 Å². The molecule has 31 heavy (non-hydrogen) atoms. The van der Waals surface area contributed by atoms with E-state index in [0.717, 1.165) is 37.8 Å². The van der Waals surface area contributed by atoms with E-state index in [-0.39, 0.29) is 11.7 Å². The summed E-state index contributed by atoms with van der Waals surface area (Å²) in [6.07, 6.45) is 1.83. The van der Waals surface area contributed by atoms with E-state index in [1.807, 2.05) is 90.5 Å². The number of halogens is 2. The Balaban J connectivity index is 1.59. The van der Waals surface area contributed by atoms with Gasteiger partial charge in [0.15, 0.2) is 5.16 Å². The summed E-state index contributed by atoms with van der Waals surface area (Å²) in [5, 5.41) is 4.33. The van der Waals surface area contributed by atoms with E-state index in [4.69, 9.17) is 11.6 Å². The smallest absolute Gasteiger partial charge is 0.234 e. The summed E-state index contributed by atoms with van der Waals surface area (Å²) in [4.78, 5) is 17.1. The third-order valence-electron chi connectivity index (χ3n) is 4.62. The molecule has 3 aromatic carbocycles. The average molecular weight is 513 g/mol. The van der Waals surface area contributed by atoms with Gasteiger partial charge in [-0.25, -0.2) is 4.98 Å². The standard InChI is InChI=1S/C24H19BrClN3OS/c1-16-2-10-20(11-3-16)28-23(30)15-31-24-27-14-22(17-4-6-18(25)7-5-17)29(24)21-12-8-19(26)9-13-21/h2-14H,15H2,1H3,(H,28,30). The van der Waals surface area contributed by atoms with E-state index in [1.54, 1.807) is 0 Å². The van der Waals surface area contributed by atoms with Gasteiger partial charge in [-0.05, 0) is 55.5 Å². The van der Waals surface area contributed by atoms with Crippen LogP contribution in [0.2, 0.25) is 5.02 Å². The van der Waals surface area contributed by atoms with Crippen LogP contribution >= 0.6 is 39.3 Å². The number of hydrogen-bond acceptors (Lipinski definition) is 3. The van der Waals surface area contributed by atoms with Crippen LogP contribution in [0.5, 0.6) is 0 Å². The summed E-state index contributed by atoms with van der Waals surface area (Å²) in [5.41, 5.74) is 4.84. The van der Waals surface area contributed by atoms with Crippen molar-refractivity contribution in [2.24, 2.45) is 0 Å². The second-order valence-corrected chi connectivity index (χ2v) is 9.24. The zero-order valence-electron chi connectivity index (χ0n) is 16.7. The van der Waals surface area contributed by atoms with Gasteiger partial charge in [-0.1, -0.05) is 69.1 Å². The first-order valence-corrected chi connectivity index (χ1v) is 11.7. The van der Waals surface area contributed by atoms with Crippen LogP contribution in [-0.2, 0) is 4.79 Å². The average Bonchev–Trinajstić information content (AvgIpc) is 3.19. The molecule has 4 aromatic rings. The molecule has 4 rings (SSSR count). The molecule has 4 nitrogen and oxygen atoms in total. The third-order valence-corrected chi connectivity index (χ3v) is 6.36. The normalized spacial score (nSPS) is 10.8. The van der Waals surface area contributed by atoms with E-state index in [9.17, 15) is 4.79 Å². The third kappa shape index (κ3) is 5.39.